The van der Waals surface area contributed by atoms with Crippen LogP contribution in [-0.2, 0) is 4.79 Å². The highest BCUT2D eigenvalue weighted by atomic mass is 16.3. The first-order valence-electron chi connectivity index (χ1n) is 7.25. The summed E-state index contributed by atoms with van der Waals surface area (Å²) in [5, 5.41) is 9.70. The third kappa shape index (κ3) is 2.69. The Morgan fingerprint density at radius 2 is 2.06 bits per heavy atom. The molecule has 1 saturated heterocycles. The van der Waals surface area contributed by atoms with Crippen LogP contribution in [0.4, 0.5) is 0 Å². The fourth-order valence-corrected chi connectivity index (χ4v) is 3.29. The van der Waals surface area contributed by atoms with Gasteiger partial charge in [0, 0.05) is 19.6 Å². The van der Waals surface area contributed by atoms with Gasteiger partial charge in [0.15, 0.2) is 0 Å². The molecule has 1 atom stereocenters. The van der Waals surface area contributed by atoms with E-state index in [1.54, 1.807) is 0 Å². The van der Waals surface area contributed by atoms with Crippen molar-refractivity contribution in [1.29, 1.82) is 0 Å². The van der Waals surface area contributed by atoms with E-state index in [1.165, 1.54) is 0 Å². The zero-order valence-electron chi connectivity index (χ0n) is 11.4. The highest BCUT2D eigenvalue weighted by Gasteiger charge is 2.42. The third-order valence-corrected chi connectivity index (χ3v) is 4.76. The summed E-state index contributed by atoms with van der Waals surface area (Å²) < 4.78 is 0. The molecule has 1 heterocycles. The molecule has 3 N–H and O–H groups in total. The minimum Gasteiger partial charge on any atom is -0.391 e. The number of rotatable bonds is 2. The van der Waals surface area contributed by atoms with Crippen molar-refractivity contribution in [3.63, 3.8) is 0 Å². The molecular weight excluding hydrogens is 228 g/mol. The predicted molar refractivity (Wildman–Crippen MR) is 70.9 cm³/mol. The number of nitrogens with zero attached hydrogens (tertiary/aromatic N) is 1. The number of aliphatic hydroxyl groups is 1. The van der Waals surface area contributed by atoms with Gasteiger partial charge in [0.05, 0.1) is 11.5 Å². The summed E-state index contributed by atoms with van der Waals surface area (Å²) in [5.74, 6) is 0.903. The van der Waals surface area contributed by atoms with Gasteiger partial charge in [0.25, 0.3) is 0 Å². The Hall–Kier alpha value is -0.610. The van der Waals surface area contributed by atoms with E-state index in [2.05, 4.69) is 6.92 Å². The van der Waals surface area contributed by atoms with Crippen LogP contribution in [0.25, 0.3) is 0 Å². The van der Waals surface area contributed by atoms with Crippen LogP contribution in [0.15, 0.2) is 0 Å². The van der Waals surface area contributed by atoms with Crippen LogP contribution in [0.5, 0.6) is 0 Å². The predicted octanol–water partition coefficient (Wildman–Crippen LogP) is 1.12. The van der Waals surface area contributed by atoms with Crippen molar-refractivity contribution in [1.82, 2.24) is 4.90 Å². The lowest BCUT2D eigenvalue weighted by atomic mass is 9.70. The lowest BCUT2D eigenvalue weighted by molar-refractivity contribution is -0.147. The van der Waals surface area contributed by atoms with Gasteiger partial charge in [-0.25, -0.2) is 0 Å². The zero-order chi connectivity index (χ0) is 13.2. The van der Waals surface area contributed by atoms with Gasteiger partial charge in [-0.05, 0) is 44.4 Å². The van der Waals surface area contributed by atoms with Crippen LogP contribution in [0.2, 0.25) is 0 Å². The summed E-state index contributed by atoms with van der Waals surface area (Å²) >= 11 is 0. The maximum atomic E-state index is 12.7. The number of piperidine rings is 1. The molecule has 2 aliphatic rings. The Morgan fingerprint density at radius 3 is 2.61 bits per heavy atom. The second-order valence-electron chi connectivity index (χ2n) is 6.21. The van der Waals surface area contributed by atoms with Crippen molar-refractivity contribution in [2.24, 2.45) is 17.1 Å². The van der Waals surface area contributed by atoms with E-state index >= 15 is 0 Å². The molecule has 104 valence electrons. The lowest BCUT2D eigenvalue weighted by Gasteiger charge is -2.42. The molecular formula is C14H26N2O2. The zero-order valence-corrected chi connectivity index (χ0v) is 11.4. The van der Waals surface area contributed by atoms with Crippen molar-refractivity contribution < 1.29 is 9.90 Å². The SMILES string of the molecule is CC1CCC(CN)(C(=O)N2CCC[C@H](O)C2)CC1. The molecule has 0 bridgehead atoms. The van der Waals surface area contributed by atoms with Gasteiger partial charge in [-0.3, -0.25) is 4.79 Å². The monoisotopic (exact) mass is 254 g/mol. The number of hydrogen-bond donors (Lipinski definition) is 2. The second kappa shape index (κ2) is 5.57. The van der Waals surface area contributed by atoms with Gasteiger partial charge >= 0.3 is 0 Å². The van der Waals surface area contributed by atoms with E-state index in [0.717, 1.165) is 45.1 Å². The fraction of sp³-hybridized carbons (Fsp3) is 0.929. The molecule has 1 amide bonds. The molecule has 2 rings (SSSR count). The maximum absolute atomic E-state index is 12.7. The van der Waals surface area contributed by atoms with E-state index in [9.17, 15) is 9.90 Å². The van der Waals surface area contributed by atoms with E-state index in [-0.39, 0.29) is 17.4 Å². The molecule has 0 aromatic carbocycles. The number of hydrogen-bond acceptors (Lipinski definition) is 3. The Labute approximate surface area is 110 Å². The van der Waals surface area contributed by atoms with Gasteiger partial charge in [0.1, 0.15) is 0 Å². The second-order valence-corrected chi connectivity index (χ2v) is 6.21. The summed E-state index contributed by atoms with van der Waals surface area (Å²) in [6.07, 6.45) is 5.39. The molecule has 0 spiro atoms. The Morgan fingerprint density at radius 1 is 1.39 bits per heavy atom. The maximum Gasteiger partial charge on any atom is 0.230 e. The van der Waals surface area contributed by atoms with Crippen LogP contribution in [-0.4, -0.2) is 41.7 Å². The molecule has 1 aliphatic carbocycles. The van der Waals surface area contributed by atoms with Gasteiger partial charge in [-0.15, -0.1) is 0 Å². The van der Waals surface area contributed by atoms with E-state index in [0.29, 0.717) is 19.0 Å². The number of nitrogens with two attached hydrogens (primary N) is 1. The number of aliphatic hydroxyl groups excluding tert-OH is 1. The largest absolute Gasteiger partial charge is 0.391 e. The minimum absolute atomic E-state index is 0.190. The van der Waals surface area contributed by atoms with Crippen LogP contribution in [0.3, 0.4) is 0 Å². The van der Waals surface area contributed by atoms with Crippen molar-refractivity contribution in [3.05, 3.63) is 0 Å². The highest BCUT2D eigenvalue weighted by molar-refractivity contribution is 5.83. The Kier molecular flexibility index (Phi) is 4.28. The van der Waals surface area contributed by atoms with Crippen molar-refractivity contribution >= 4 is 5.91 Å². The summed E-state index contributed by atoms with van der Waals surface area (Å²) in [5.41, 5.74) is 5.57. The smallest absolute Gasteiger partial charge is 0.230 e. The molecule has 4 heteroatoms. The van der Waals surface area contributed by atoms with Crippen LogP contribution >= 0.6 is 0 Å². The number of likely N-dealkylation sites (tertiary alicyclic amines) is 1. The normalized spacial score (nSPS) is 37.6. The summed E-state index contributed by atoms with van der Waals surface area (Å²) in [6, 6.07) is 0. The van der Waals surface area contributed by atoms with Crippen molar-refractivity contribution in [2.75, 3.05) is 19.6 Å². The highest BCUT2D eigenvalue weighted by Crippen LogP contribution is 2.40. The first kappa shape index (κ1) is 13.8. The van der Waals surface area contributed by atoms with E-state index < -0.39 is 0 Å². The average Bonchev–Trinajstić information content (AvgIpc) is 2.39. The van der Waals surface area contributed by atoms with Crippen molar-refractivity contribution in [2.45, 2.75) is 51.6 Å². The van der Waals surface area contributed by atoms with E-state index in [1.807, 2.05) is 4.90 Å². The van der Waals surface area contributed by atoms with E-state index in [4.69, 9.17) is 5.73 Å². The first-order valence-corrected chi connectivity index (χ1v) is 7.25. The summed E-state index contributed by atoms with van der Waals surface area (Å²) in [4.78, 5) is 14.5. The molecule has 0 aromatic rings. The van der Waals surface area contributed by atoms with Gasteiger partial charge in [-0.2, -0.15) is 0 Å². The molecule has 4 nitrogen and oxygen atoms in total. The number of amides is 1. The molecule has 1 saturated carbocycles. The van der Waals surface area contributed by atoms with Gasteiger partial charge in [0.2, 0.25) is 5.91 Å². The summed E-state index contributed by atoms with van der Waals surface area (Å²) in [7, 11) is 0. The molecule has 0 radical (unpaired) electrons. The van der Waals surface area contributed by atoms with Crippen LogP contribution < -0.4 is 5.73 Å². The minimum atomic E-state index is -0.347. The number of β-amino-alcohol motifs (C(OH)–C–C–N with tert-alkyl or cyclic N) is 1. The average molecular weight is 254 g/mol. The number of carbonyl (C=O) groups is 1. The molecule has 1 aliphatic heterocycles. The lowest BCUT2D eigenvalue weighted by Crippen LogP contribution is -2.53. The van der Waals surface area contributed by atoms with Gasteiger partial charge in [-0.1, -0.05) is 6.92 Å². The van der Waals surface area contributed by atoms with Gasteiger partial charge < -0.3 is 15.7 Å². The number of carbonyl (C=O) groups excluding carboxylic acids is 1. The Bertz CT molecular complexity index is 298. The molecule has 0 aromatic heterocycles. The quantitative estimate of drug-likeness (QED) is 0.776. The third-order valence-electron chi connectivity index (χ3n) is 4.76. The standard InChI is InChI=1S/C14H26N2O2/c1-11-4-6-14(10-15,7-5-11)13(18)16-8-2-3-12(17)9-16/h11-12,17H,2-10,15H2,1H3/t11?,12-,14?/m0/s1. The van der Waals surface area contributed by atoms with Crippen LogP contribution in [0.1, 0.15) is 45.4 Å². The van der Waals surface area contributed by atoms with Crippen LogP contribution in [0, 0.1) is 11.3 Å². The Balaban J connectivity index is 2.05. The van der Waals surface area contributed by atoms with Crippen molar-refractivity contribution in [3.8, 4) is 0 Å². The fourth-order valence-electron chi connectivity index (χ4n) is 3.29. The summed E-state index contributed by atoms with van der Waals surface area (Å²) in [6.45, 7) is 3.98. The molecule has 2 fully saturated rings. The molecule has 0 unspecified atom stereocenters. The molecule has 18 heavy (non-hydrogen) atoms. The topological polar surface area (TPSA) is 66.6 Å². The first-order chi connectivity index (χ1) is 8.57.